The van der Waals surface area contributed by atoms with Crippen LogP contribution < -0.4 is 11.1 Å². The van der Waals surface area contributed by atoms with Crippen molar-refractivity contribution in [2.75, 3.05) is 6.54 Å². The second-order valence-electron chi connectivity index (χ2n) is 7.15. The summed E-state index contributed by atoms with van der Waals surface area (Å²) in [5, 5.41) is 8.47. The lowest BCUT2D eigenvalue weighted by Crippen LogP contribution is -2.48. The van der Waals surface area contributed by atoms with Crippen LogP contribution in [0.3, 0.4) is 0 Å². The van der Waals surface area contributed by atoms with Crippen molar-refractivity contribution in [1.82, 2.24) is 15.1 Å². The Morgan fingerprint density at radius 1 is 1.42 bits per heavy atom. The number of fused-ring (bicyclic) bond motifs is 1. The molecule has 1 aromatic carbocycles. The number of nitrogens with two attached hydrogens (primary N) is 1. The van der Waals surface area contributed by atoms with Crippen molar-refractivity contribution in [2.24, 2.45) is 11.1 Å². The molecule has 2 aromatic rings. The number of carbonyl (C=O) groups is 1. The van der Waals surface area contributed by atoms with Crippen molar-refractivity contribution in [3.8, 4) is 0 Å². The predicted octanol–water partition coefficient (Wildman–Crippen LogP) is 3.11. The number of rotatable bonds is 7. The Labute approximate surface area is 143 Å². The summed E-state index contributed by atoms with van der Waals surface area (Å²) in [6.45, 7) is 11.1. The van der Waals surface area contributed by atoms with Crippen molar-refractivity contribution >= 4 is 16.8 Å². The van der Waals surface area contributed by atoms with Gasteiger partial charge in [0, 0.05) is 24.5 Å². The summed E-state index contributed by atoms with van der Waals surface area (Å²) >= 11 is 0. The fourth-order valence-electron chi connectivity index (χ4n) is 2.71. The van der Waals surface area contributed by atoms with Gasteiger partial charge in [-0.05, 0) is 24.3 Å². The maximum atomic E-state index is 12.8. The highest BCUT2D eigenvalue weighted by Gasteiger charge is 2.27. The molecular weight excluding hydrogens is 300 g/mol. The van der Waals surface area contributed by atoms with E-state index >= 15 is 0 Å². The summed E-state index contributed by atoms with van der Waals surface area (Å²) in [4.78, 5) is 12.8. The standard InChI is InChI=1S/C19H28N4O/c1-5-6-9-12-23-15-11-8-7-10-14(15)17(22-23)18(24)21-16(13-20)19(2,3)4/h5,7-8,10-11,16H,1,6,9,12-13,20H2,2-4H3,(H,21,24)/t16-/m1/s1. The second-order valence-corrected chi connectivity index (χ2v) is 7.15. The Hall–Kier alpha value is -2.14. The maximum Gasteiger partial charge on any atom is 0.272 e. The van der Waals surface area contributed by atoms with Gasteiger partial charge >= 0.3 is 0 Å². The third-order valence-electron chi connectivity index (χ3n) is 4.24. The van der Waals surface area contributed by atoms with E-state index in [1.165, 1.54) is 0 Å². The Morgan fingerprint density at radius 2 is 2.12 bits per heavy atom. The van der Waals surface area contributed by atoms with Crippen LogP contribution in [0, 0.1) is 5.41 Å². The molecule has 0 bridgehead atoms. The van der Waals surface area contributed by atoms with E-state index in [9.17, 15) is 4.79 Å². The number of nitrogens with one attached hydrogen (secondary N) is 1. The molecule has 0 fully saturated rings. The maximum absolute atomic E-state index is 12.8. The van der Waals surface area contributed by atoms with E-state index in [1.54, 1.807) is 0 Å². The van der Waals surface area contributed by atoms with Gasteiger partial charge in [0.2, 0.25) is 0 Å². The summed E-state index contributed by atoms with van der Waals surface area (Å²) in [6, 6.07) is 7.73. The molecule has 0 spiro atoms. The topological polar surface area (TPSA) is 72.9 Å². The zero-order valence-electron chi connectivity index (χ0n) is 14.9. The van der Waals surface area contributed by atoms with Gasteiger partial charge in [-0.25, -0.2) is 0 Å². The lowest BCUT2D eigenvalue weighted by Gasteiger charge is -2.30. The van der Waals surface area contributed by atoms with E-state index < -0.39 is 0 Å². The summed E-state index contributed by atoms with van der Waals surface area (Å²) in [7, 11) is 0. The molecule has 0 saturated carbocycles. The number of benzene rings is 1. The summed E-state index contributed by atoms with van der Waals surface area (Å²) in [5.41, 5.74) is 7.17. The minimum absolute atomic E-state index is 0.102. The lowest BCUT2D eigenvalue weighted by molar-refractivity contribution is 0.0901. The number of unbranched alkanes of at least 4 members (excludes halogenated alkanes) is 1. The molecule has 2 rings (SSSR count). The molecule has 24 heavy (non-hydrogen) atoms. The van der Waals surface area contributed by atoms with E-state index in [0.29, 0.717) is 12.2 Å². The van der Waals surface area contributed by atoms with Crippen LogP contribution in [0.25, 0.3) is 10.9 Å². The van der Waals surface area contributed by atoms with Crippen molar-refractivity contribution in [2.45, 2.75) is 46.2 Å². The Kier molecular flexibility index (Phi) is 5.78. The molecule has 0 unspecified atom stereocenters. The number of allylic oxidation sites excluding steroid dienone is 1. The van der Waals surface area contributed by atoms with Crippen molar-refractivity contribution < 1.29 is 4.79 Å². The molecule has 1 atom stereocenters. The van der Waals surface area contributed by atoms with Gasteiger partial charge in [-0.1, -0.05) is 45.0 Å². The van der Waals surface area contributed by atoms with Crippen molar-refractivity contribution in [3.05, 3.63) is 42.6 Å². The number of nitrogens with zero attached hydrogens (tertiary/aromatic N) is 2. The van der Waals surface area contributed by atoms with Crippen molar-refractivity contribution in [3.63, 3.8) is 0 Å². The summed E-state index contributed by atoms with van der Waals surface area (Å²) in [6.07, 6.45) is 3.77. The minimum atomic E-state index is -0.168. The van der Waals surface area contributed by atoms with E-state index in [-0.39, 0.29) is 17.4 Å². The average molecular weight is 328 g/mol. The van der Waals surface area contributed by atoms with Gasteiger partial charge in [-0.15, -0.1) is 6.58 Å². The Balaban J connectivity index is 2.30. The number of aromatic nitrogens is 2. The number of carbonyl (C=O) groups excluding carboxylic acids is 1. The van der Waals surface area contributed by atoms with Gasteiger partial charge in [-0.2, -0.15) is 5.10 Å². The number of para-hydroxylation sites is 1. The molecule has 0 aliphatic rings. The van der Waals surface area contributed by atoms with Crippen LogP contribution in [-0.4, -0.2) is 28.3 Å². The zero-order chi connectivity index (χ0) is 17.7. The number of amides is 1. The number of hydrogen-bond acceptors (Lipinski definition) is 3. The minimum Gasteiger partial charge on any atom is -0.346 e. The molecule has 5 heteroatoms. The molecular formula is C19H28N4O. The fourth-order valence-corrected chi connectivity index (χ4v) is 2.71. The first-order valence-corrected chi connectivity index (χ1v) is 8.46. The predicted molar refractivity (Wildman–Crippen MR) is 98.9 cm³/mol. The molecule has 5 nitrogen and oxygen atoms in total. The monoisotopic (exact) mass is 328 g/mol. The van der Waals surface area contributed by atoms with Gasteiger partial charge in [0.05, 0.1) is 5.52 Å². The Bertz CT molecular complexity index is 712. The van der Waals surface area contributed by atoms with Crippen LogP contribution in [0.15, 0.2) is 36.9 Å². The van der Waals surface area contributed by atoms with Crippen LogP contribution in [0.5, 0.6) is 0 Å². The molecule has 130 valence electrons. The van der Waals surface area contributed by atoms with Crippen LogP contribution in [0.1, 0.15) is 44.1 Å². The third-order valence-corrected chi connectivity index (χ3v) is 4.24. The third kappa shape index (κ3) is 4.03. The van der Waals surface area contributed by atoms with Gasteiger partial charge in [-0.3, -0.25) is 9.48 Å². The van der Waals surface area contributed by atoms with Gasteiger partial charge in [0.1, 0.15) is 0 Å². The normalized spacial score (nSPS) is 13.0. The molecule has 1 amide bonds. The smallest absolute Gasteiger partial charge is 0.272 e. The van der Waals surface area contributed by atoms with Gasteiger partial charge in [0.25, 0.3) is 5.91 Å². The molecule has 0 radical (unpaired) electrons. The zero-order valence-corrected chi connectivity index (χ0v) is 14.9. The Morgan fingerprint density at radius 3 is 2.75 bits per heavy atom. The van der Waals surface area contributed by atoms with Crippen LogP contribution in [-0.2, 0) is 6.54 Å². The molecule has 0 saturated heterocycles. The number of aryl methyl sites for hydroxylation is 1. The molecule has 1 heterocycles. The van der Waals surface area contributed by atoms with E-state index in [2.05, 4.69) is 37.8 Å². The highest BCUT2D eigenvalue weighted by atomic mass is 16.2. The SMILES string of the molecule is C=CCCCn1nc(C(=O)N[C@H](CN)C(C)(C)C)c2ccccc21. The largest absolute Gasteiger partial charge is 0.346 e. The first kappa shape index (κ1) is 18.2. The molecule has 3 N–H and O–H groups in total. The summed E-state index contributed by atoms with van der Waals surface area (Å²) < 4.78 is 1.91. The van der Waals surface area contributed by atoms with Gasteiger partial charge < -0.3 is 11.1 Å². The molecule has 0 aliphatic heterocycles. The quantitative estimate of drug-likeness (QED) is 0.606. The van der Waals surface area contributed by atoms with Crippen LogP contribution in [0.4, 0.5) is 0 Å². The van der Waals surface area contributed by atoms with Crippen LogP contribution >= 0.6 is 0 Å². The van der Waals surface area contributed by atoms with E-state index in [0.717, 1.165) is 30.3 Å². The first-order chi connectivity index (χ1) is 11.4. The highest BCUT2D eigenvalue weighted by molar-refractivity contribution is 6.05. The van der Waals surface area contributed by atoms with Crippen LogP contribution in [0.2, 0.25) is 0 Å². The second kappa shape index (κ2) is 7.62. The van der Waals surface area contributed by atoms with Gasteiger partial charge in [0.15, 0.2) is 5.69 Å². The highest BCUT2D eigenvalue weighted by Crippen LogP contribution is 2.22. The number of hydrogen-bond donors (Lipinski definition) is 2. The fraction of sp³-hybridized carbons (Fsp3) is 0.474. The van der Waals surface area contributed by atoms with E-state index in [1.807, 2.05) is 35.0 Å². The first-order valence-electron chi connectivity index (χ1n) is 8.46. The average Bonchev–Trinajstić information content (AvgIpc) is 2.91. The lowest BCUT2D eigenvalue weighted by atomic mass is 9.86. The molecule has 0 aliphatic carbocycles. The molecule has 1 aromatic heterocycles. The summed E-state index contributed by atoms with van der Waals surface area (Å²) in [5.74, 6) is -0.168. The van der Waals surface area contributed by atoms with Crippen molar-refractivity contribution in [1.29, 1.82) is 0 Å². The van der Waals surface area contributed by atoms with E-state index in [4.69, 9.17) is 5.73 Å².